The molecule has 2 rings (SSSR count). The number of nitrogens with two attached hydrogens (primary N) is 1. The Labute approximate surface area is 118 Å². The second-order valence-corrected chi connectivity index (χ2v) is 6.03. The fourth-order valence-corrected chi connectivity index (χ4v) is 3.18. The normalized spacial score (nSPS) is 21.3. The highest BCUT2D eigenvalue weighted by atomic mass is 79.9. The minimum absolute atomic E-state index is 0.536. The summed E-state index contributed by atoms with van der Waals surface area (Å²) in [5, 5.41) is 0. The molecule has 0 bridgehead atoms. The first-order valence-corrected chi connectivity index (χ1v) is 7.32. The maximum Gasteiger partial charge on any atom is 0.0429 e. The monoisotopic (exact) mass is 311 g/mol. The standard InChI is InChI=1S/C14H22BrN3/c1-11-9-12(15)3-4-14(11)18-8-7-17(2)10-13(18)5-6-16/h3-4,9,13H,5-8,10,16H2,1-2H3. The van der Waals surface area contributed by atoms with Gasteiger partial charge < -0.3 is 15.5 Å². The molecule has 1 fully saturated rings. The summed E-state index contributed by atoms with van der Waals surface area (Å²) in [5.41, 5.74) is 8.44. The van der Waals surface area contributed by atoms with Gasteiger partial charge in [0.2, 0.25) is 0 Å². The quantitative estimate of drug-likeness (QED) is 0.929. The summed E-state index contributed by atoms with van der Waals surface area (Å²) in [7, 11) is 2.19. The zero-order valence-electron chi connectivity index (χ0n) is 11.2. The fourth-order valence-electron chi connectivity index (χ4n) is 2.71. The number of piperazine rings is 1. The molecular weight excluding hydrogens is 290 g/mol. The summed E-state index contributed by atoms with van der Waals surface area (Å²) < 4.78 is 1.15. The van der Waals surface area contributed by atoms with E-state index in [2.05, 4.69) is 57.9 Å². The Hall–Kier alpha value is -0.580. The van der Waals surface area contributed by atoms with Crippen molar-refractivity contribution in [2.75, 3.05) is 38.1 Å². The Kier molecular flexibility index (Phi) is 4.65. The number of likely N-dealkylation sites (N-methyl/N-ethyl adjacent to an activating group) is 1. The molecule has 3 nitrogen and oxygen atoms in total. The minimum Gasteiger partial charge on any atom is -0.366 e. The molecule has 100 valence electrons. The van der Waals surface area contributed by atoms with E-state index in [-0.39, 0.29) is 0 Å². The molecule has 4 heteroatoms. The van der Waals surface area contributed by atoms with Gasteiger partial charge in [-0.15, -0.1) is 0 Å². The van der Waals surface area contributed by atoms with Crippen LogP contribution in [0.5, 0.6) is 0 Å². The predicted molar refractivity (Wildman–Crippen MR) is 81.2 cm³/mol. The van der Waals surface area contributed by atoms with Crippen molar-refractivity contribution < 1.29 is 0 Å². The molecule has 1 unspecified atom stereocenters. The molecule has 1 atom stereocenters. The van der Waals surface area contributed by atoms with Crippen molar-refractivity contribution in [1.82, 2.24) is 4.90 Å². The van der Waals surface area contributed by atoms with Crippen LogP contribution >= 0.6 is 15.9 Å². The van der Waals surface area contributed by atoms with E-state index in [4.69, 9.17) is 5.73 Å². The average molecular weight is 312 g/mol. The molecule has 1 saturated heterocycles. The van der Waals surface area contributed by atoms with Crippen molar-refractivity contribution in [3.8, 4) is 0 Å². The van der Waals surface area contributed by atoms with Crippen molar-refractivity contribution in [2.45, 2.75) is 19.4 Å². The number of rotatable bonds is 3. The second-order valence-electron chi connectivity index (χ2n) is 5.12. The zero-order chi connectivity index (χ0) is 13.1. The van der Waals surface area contributed by atoms with Gasteiger partial charge >= 0.3 is 0 Å². The minimum atomic E-state index is 0.536. The summed E-state index contributed by atoms with van der Waals surface area (Å²) in [6.07, 6.45) is 1.06. The third-order valence-corrected chi connectivity index (χ3v) is 4.15. The van der Waals surface area contributed by atoms with Crippen LogP contribution in [0.25, 0.3) is 0 Å². The first-order valence-electron chi connectivity index (χ1n) is 6.53. The van der Waals surface area contributed by atoms with Crippen molar-refractivity contribution in [3.05, 3.63) is 28.2 Å². The Morgan fingerprint density at radius 3 is 2.83 bits per heavy atom. The maximum atomic E-state index is 5.75. The van der Waals surface area contributed by atoms with Crippen LogP contribution in [0.4, 0.5) is 5.69 Å². The molecule has 18 heavy (non-hydrogen) atoms. The Morgan fingerprint density at radius 2 is 2.17 bits per heavy atom. The van der Waals surface area contributed by atoms with Gasteiger partial charge in [0.25, 0.3) is 0 Å². The molecule has 0 aliphatic carbocycles. The molecular formula is C14H22BrN3. The van der Waals surface area contributed by atoms with Gasteiger partial charge in [0, 0.05) is 35.8 Å². The van der Waals surface area contributed by atoms with E-state index in [0.29, 0.717) is 6.04 Å². The highest BCUT2D eigenvalue weighted by Crippen LogP contribution is 2.27. The van der Waals surface area contributed by atoms with Crippen LogP contribution < -0.4 is 10.6 Å². The van der Waals surface area contributed by atoms with Crippen molar-refractivity contribution in [2.24, 2.45) is 5.73 Å². The number of hydrogen-bond acceptors (Lipinski definition) is 3. The molecule has 0 saturated carbocycles. The lowest BCUT2D eigenvalue weighted by molar-refractivity contribution is 0.261. The molecule has 1 aliphatic rings. The third kappa shape index (κ3) is 3.05. The lowest BCUT2D eigenvalue weighted by Crippen LogP contribution is -2.52. The van der Waals surface area contributed by atoms with E-state index in [0.717, 1.165) is 37.1 Å². The summed E-state index contributed by atoms with van der Waals surface area (Å²) >= 11 is 3.53. The van der Waals surface area contributed by atoms with Gasteiger partial charge in [0.05, 0.1) is 0 Å². The number of halogens is 1. The molecule has 1 aromatic carbocycles. The Morgan fingerprint density at radius 1 is 1.39 bits per heavy atom. The number of hydrogen-bond donors (Lipinski definition) is 1. The van der Waals surface area contributed by atoms with Crippen LogP contribution in [0.3, 0.4) is 0 Å². The van der Waals surface area contributed by atoms with E-state index in [1.165, 1.54) is 11.3 Å². The number of nitrogens with zero attached hydrogens (tertiary/aromatic N) is 2. The lowest BCUT2D eigenvalue weighted by atomic mass is 10.1. The highest BCUT2D eigenvalue weighted by molar-refractivity contribution is 9.10. The van der Waals surface area contributed by atoms with Crippen LogP contribution in [0.1, 0.15) is 12.0 Å². The van der Waals surface area contributed by atoms with E-state index < -0.39 is 0 Å². The van der Waals surface area contributed by atoms with Crippen LogP contribution in [-0.2, 0) is 0 Å². The maximum absolute atomic E-state index is 5.75. The first kappa shape index (κ1) is 13.8. The lowest BCUT2D eigenvalue weighted by Gasteiger charge is -2.42. The van der Waals surface area contributed by atoms with Gasteiger partial charge in [-0.1, -0.05) is 15.9 Å². The summed E-state index contributed by atoms with van der Waals surface area (Å²) in [6.45, 7) is 6.25. The second kappa shape index (κ2) is 6.04. The van der Waals surface area contributed by atoms with E-state index in [9.17, 15) is 0 Å². The Bertz CT molecular complexity index is 408. The van der Waals surface area contributed by atoms with Crippen LogP contribution in [0, 0.1) is 6.92 Å². The average Bonchev–Trinajstić information content (AvgIpc) is 2.31. The largest absolute Gasteiger partial charge is 0.366 e. The third-order valence-electron chi connectivity index (χ3n) is 3.65. The van der Waals surface area contributed by atoms with Gasteiger partial charge in [-0.2, -0.15) is 0 Å². The van der Waals surface area contributed by atoms with Crippen molar-refractivity contribution in [3.63, 3.8) is 0 Å². The number of anilines is 1. The topological polar surface area (TPSA) is 32.5 Å². The van der Waals surface area contributed by atoms with Crippen LogP contribution in [0.15, 0.2) is 22.7 Å². The molecule has 1 aromatic rings. The smallest absolute Gasteiger partial charge is 0.0429 e. The number of benzene rings is 1. The van der Waals surface area contributed by atoms with Crippen molar-refractivity contribution >= 4 is 21.6 Å². The predicted octanol–water partition coefficient (Wildman–Crippen LogP) is 2.23. The SMILES string of the molecule is Cc1cc(Br)ccc1N1CCN(C)CC1CCN. The van der Waals surface area contributed by atoms with Gasteiger partial charge in [0.1, 0.15) is 0 Å². The van der Waals surface area contributed by atoms with E-state index >= 15 is 0 Å². The molecule has 0 radical (unpaired) electrons. The molecule has 0 spiro atoms. The Balaban J connectivity index is 2.23. The van der Waals surface area contributed by atoms with E-state index in [1.54, 1.807) is 0 Å². The zero-order valence-corrected chi connectivity index (χ0v) is 12.8. The van der Waals surface area contributed by atoms with Crippen LogP contribution in [-0.4, -0.2) is 44.2 Å². The van der Waals surface area contributed by atoms with E-state index in [1.807, 2.05) is 0 Å². The summed E-state index contributed by atoms with van der Waals surface area (Å²) in [5.74, 6) is 0. The van der Waals surface area contributed by atoms with Gasteiger partial charge in [-0.05, 0) is 50.7 Å². The highest BCUT2D eigenvalue weighted by Gasteiger charge is 2.25. The summed E-state index contributed by atoms with van der Waals surface area (Å²) in [4.78, 5) is 4.92. The molecule has 2 N–H and O–H groups in total. The summed E-state index contributed by atoms with van der Waals surface area (Å²) in [6, 6.07) is 7.07. The van der Waals surface area contributed by atoms with Gasteiger partial charge in [-0.25, -0.2) is 0 Å². The first-order chi connectivity index (χ1) is 8.61. The van der Waals surface area contributed by atoms with Gasteiger partial charge in [0.15, 0.2) is 0 Å². The molecule has 0 amide bonds. The van der Waals surface area contributed by atoms with Crippen molar-refractivity contribution in [1.29, 1.82) is 0 Å². The van der Waals surface area contributed by atoms with Gasteiger partial charge in [-0.3, -0.25) is 0 Å². The van der Waals surface area contributed by atoms with Crippen LogP contribution in [0.2, 0.25) is 0 Å². The molecule has 1 aliphatic heterocycles. The number of aryl methyl sites for hydroxylation is 1. The fraction of sp³-hybridized carbons (Fsp3) is 0.571. The molecule has 0 aromatic heterocycles. The molecule has 1 heterocycles.